The van der Waals surface area contributed by atoms with Crippen LogP contribution in [0.25, 0.3) is 0 Å². The molecule has 0 N–H and O–H groups in total. The van der Waals surface area contributed by atoms with Crippen LogP contribution in [-0.4, -0.2) is 37.2 Å². The van der Waals surface area contributed by atoms with Crippen molar-refractivity contribution in [3.8, 4) is 6.07 Å². The third kappa shape index (κ3) is 3.69. The molecule has 122 valence electrons. The second-order valence-electron chi connectivity index (χ2n) is 5.66. The summed E-state index contributed by atoms with van der Waals surface area (Å²) in [4.78, 5) is 0. The lowest BCUT2D eigenvalue weighted by atomic mass is 10.1. The Labute approximate surface area is 132 Å². The fourth-order valence-electron chi connectivity index (χ4n) is 2.78. The second-order valence-corrected chi connectivity index (χ2v) is 7.65. The van der Waals surface area contributed by atoms with Crippen molar-refractivity contribution >= 4 is 10.2 Å². The average Bonchev–Trinajstić information content (AvgIpc) is 2.76. The van der Waals surface area contributed by atoms with Crippen molar-refractivity contribution in [2.45, 2.75) is 45.1 Å². The summed E-state index contributed by atoms with van der Waals surface area (Å²) in [5, 5.41) is 8.67. The van der Waals surface area contributed by atoms with E-state index in [-0.39, 0.29) is 19.0 Å². The zero-order valence-corrected chi connectivity index (χ0v) is 14.0. The summed E-state index contributed by atoms with van der Waals surface area (Å²) in [6, 6.07) is 5.46. The highest BCUT2D eigenvalue weighted by atomic mass is 32.2. The van der Waals surface area contributed by atoms with Crippen molar-refractivity contribution in [1.82, 2.24) is 8.61 Å². The van der Waals surface area contributed by atoms with Gasteiger partial charge in [0.15, 0.2) is 0 Å². The molecule has 1 aromatic rings. The van der Waals surface area contributed by atoms with E-state index < -0.39 is 10.2 Å². The molecular weight excluding hydrogens is 302 g/mol. The van der Waals surface area contributed by atoms with Gasteiger partial charge in [-0.1, -0.05) is 12.8 Å². The fourth-order valence-corrected chi connectivity index (χ4v) is 4.35. The lowest BCUT2D eigenvalue weighted by Gasteiger charge is -2.31. The van der Waals surface area contributed by atoms with Crippen LogP contribution in [0.1, 0.15) is 49.7 Å². The van der Waals surface area contributed by atoms with Gasteiger partial charge in [0.25, 0.3) is 10.2 Å². The molecule has 0 radical (unpaired) electrons. The predicted molar refractivity (Wildman–Crippen MR) is 83.1 cm³/mol. The molecule has 0 amide bonds. The molecule has 2 rings (SSSR count). The molecule has 0 aliphatic carbocycles. The van der Waals surface area contributed by atoms with Crippen molar-refractivity contribution in [3.05, 3.63) is 23.7 Å². The number of aryl methyl sites for hydroxylation is 1. The minimum Gasteiger partial charge on any atom is -0.465 e. The minimum atomic E-state index is -3.59. The van der Waals surface area contributed by atoms with Crippen LogP contribution in [0, 0.1) is 18.3 Å². The topological polar surface area (TPSA) is 77.5 Å². The molecule has 1 saturated heterocycles. The van der Waals surface area contributed by atoms with Crippen molar-refractivity contribution in [2.75, 3.05) is 20.1 Å². The van der Waals surface area contributed by atoms with Crippen LogP contribution in [0.4, 0.5) is 0 Å². The lowest BCUT2D eigenvalue weighted by Crippen LogP contribution is -2.44. The summed E-state index contributed by atoms with van der Waals surface area (Å²) in [5.41, 5.74) is 0. The molecule has 0 aromatic carbocycles. The molecule has 7 heteroatoms. The zero-order chi connectivity index (χ0) is 16.2. The lowest BCUT2D eigenvalue weighted by molar-refractivity contribution is 0.264. The van der Waals surface area contributed by atoms with Gasteiger partial charge in [0, 0.05) is 26.6 Å². The first-order valence-corrected chi connectivity index (χ1v) is 9.03. The van der Waals surface area contributed by atoms with Crippen molar-refractivity contribution in [2.24, 2.45) is 0 Å². The smallest absolute Gasteiger partial charge is 0.282 e. The monoisotopic (exact) mass is 325 g/mol. The van der Waals surface area contributed by atoms with Crippen LogP contribution in [-0.2, 0) is 10.2 Å². The Hall–Kier alpha value is -1.36. The van der Waals surface area contributed by atoms with Gasteiger partial charge in [-0.2, -0.15) is 22.3 Å². The molecule has 6 nitrogen and oxygen atoms in total. The van der Waals surface area contributed by atoms with Gasteiger partial charge < -0.3 is 4.42 Å². The van der Waals surface area contributed by atoms with E-state index in [9.17, 15) is 8.42 Å². The van der Waals surface area contributed by atoms with Crippen LogP contribution in [0.2, 0.25) is 0 Å². The molecule has 1 aliphatic rings. The van der Waals surface area contributed by atoms with Gasteiger partial charge in [0.1, 0.15) is 11.5 Å². The third-order valence-corrected chi connectivity index (χ3v) is 6.02. The molecule has 1 aliphatic heterocycles. The van der Waals surface area contributed by atoms with E-state index in [0.717, 1.165) is 31.4 Å². The van der Waals surface area contributed by atoms with Gasteiger partial charge in [0.2, 0.25) is 0 Å². The standard InChI is InChI=1S/C15H23N3O3S/c1-13-8-9-15(21-13)14-7-4-3-5-12-18(14)22(19,20)17(2)11-6-10-16/h8-9,14H,3-7,11-12H2,1-2H3. The first-order chi connectivity index (χ1) is 10.5. The number of nitriles is 1. The normalized spacial score (nSPS) is 20.7. The van der Waals surface area contributed by atoms with E-state index in [4.69, 9.17) is 9.68 Å². The van der Waals surface area contributed by atoms with Crippen molar-refractivity contribution in [1.29, 1.82) is 5.26 Å². The SMILES string of the molecule is Cc1ccc(C2CCCCCN2S(=O)(=O)N(C)CCC#N)o1. The van der Waals surface area contributed by atoms with E-state index in [1.165, 1.54) is 15.7 Å². The van der Waals surface area contributed by atoms with E-state index in [0.29, 0.717) is 12.3 Å². The molecule has 1 unspecified atom stereocenters. The van der Waals surface area contributed by atoms with E-state index in [1.807, 2.05) is 25.1 Å². The van der Waals surface area contributed by atoms with Gasteiger partial charge in [-0.3, -0.25) is 0 Å². The number of rotatable bonds is 5. The van der Waals surface area contributed by atoms with Crippen LogP contribution in [0.5, 0.6) is 0 Å². The molecular formula is C15H23N3O3S. The van der Waals surface area contributed by atoms with Gasteiger partial charge in [-0.15, -0.1) is 0 Å². The van der Waals surface area contributed by atoms with Gasteiger partial charge >= 0.3 is 0 Å². The largest absolute Gasteiger partial charge is 0.465 e. The Kier molecular flexibility index (Phi) is 5.62. The average molecular weight is 325 g/mol. The maximum absolute atomic E-state index is 12.8. The molecule has 0 saturated carbocycles. The van der Waals surface area contributed by atoms with E-state index in [2.05, 4.69) is 0 Å². The van der Waals surface area contributed by atoms with Gasteiger partial charge in [0.05, 0.1) is 12.1 Å². The molecule has 0 bridgehead atoms. The highest BCUT2D eigenvalue weighted by Crippen LogP contribution is 2.34. The summed E-state index contributed by atoms with van der Waals surface area (Å²) in [6.45, 7) is 2.56. The number of hydrogen-bond donors (Lipinski definition) is 0. The van der Waals surface area contributed by atoms with Crippen LogP contribution in [0.3, 0.4) is 0 Å². The summed E-state index contributed by atoms with van der Waals surface area (Å²) in [5.74, 6) is 1.49. The molecule has 0 spiro atoms. The quantitative estimate of drug-likeness (QED) is 0.833. The fraction of sp³-hybridized carbons (Fsp3) is 0.667. The Morgan fingerprint density at radius 2 is 2.18 bits per heavy atom. The second kappa shape index (κ2) is 7.27. The highest BCUT2D eigenvalue weighted by molar-refractivity contribution is 7.86. The number of hydrogen-bond acceptors (Lipinski definition) is 4. The summed E-state index contributed by atoms with van der Waals surface area (Å²) < 4.78 is 34.2. The maximum atomic E-state index is 12.8. The summed E-state index contributed by atoms with van der Waals surface area (Å²) in [7, 11) is -2.06. The maximum Gasteiger partial charge on any atom is 0.282 e. The van der Waals surface area contributed by atoms with Crippen molar-refractivity contribution < 1.29 is 12.8 Å². The predicted octanol–water partition coefficient (Wildman–Crippen LogP) is 2.60. The summed E-state index contributed by atoms with van der Waals surface area (Å²) in [6.07, 6.45) is 3.80. The number of nitrogens with zero attached hydrogens (tertiary/aromatic N) is 3. The van der Waals surface area contributed by atoms with E-state index >= 15 is 0 Å². The van der Waals surface area contributed by atoms with Crippen LogP contribution < -0.4 is 0 Å². The van der Waals surface area contributed by atoms with E-state index in [1.54, 1.807) is 0 Å². The van der Waals surface area contributed by atoms with Crippen LogP contribution in [0.15, 0.2) is 16.5 Å². The Morgan fingerprint density at radius 1 is 1.41 bits per heavy atom. The minimum absolute atomic E-state index is 0.189. The molecule has 22 heavy (non-hydrogen) atoms. The molecule has 1 aromatic heterocycles. The summed E-state index contributed by atoms with van der Waals surface area (Å²) >= 11 is 0. The Bertz CT molecular complexity index is 633. The first kappa shape index (κ1) is 17.0. The zero-order valence-electron chi connectivity index (χ0n) is 13.2. The highest BCUT2D eigenvalue weighted by Gasteiger charge is 2.36. The van der Waals surface area contributed by atoms with Gasteiger partial charge in [-0.05, 0) is 31.9 Å². The van der Waals surface area contributed by atoms with Crippen LogP contribution >= 0.6 is 0 Å². The first-order valence-electron chi connectivity index (χ1n) is 7.63. The van der Waals surface area contributed by atoms with Gasteiger partial charge in [-0.25, -0.2) is 0 Å². The van der Waals surface area contributed by atoms with Crippen molar-refractivity contribution in [3.63, 3.8) is 0 Å². The molecule has 2 heterocycles. The molecule has 1 atom stereocenters. The Morgan fingerprint density at radius 3 is 2.82 bits per heavy atom. The Balaban J connectivity index is 2.29. The molecule has 1 fully saturated rings. The third-order valence-electron chi connectivity index (χ3n) is 4.02. The number of furan rings is 1.